The minimum atomic E-state index is -0.249. The summed E-state index contributed by atoms with van der Waals surface area (Å²) in [6.07, 6.45) is 6.49. The Morgan fingerprint density at radius 2 is 1.91 bits per heavy atom. The number of aryl methyl sites for hydroxylation is 3. The van der Waals surface area contributed by atoms with Crippen LogP contribution in [0.5, 0.6) is 5.75 Å². The molecule has 2 atom stereocenters. The largest absolute Gasteiger partial charge is 0.496 e. The first-order chi connectivity index (χ1) is 16.8. The molecule has 7 nitrogen and oxygen atoms in total. The summed E-state index contributed by atoms with van der Waals surface area (Å²) in [7, 11) is 1.67. The van der Waals surface area contributed by atoms with E-state index in [1.54, 1.807) is 14.0 Å². The lowest BCUT2D eigenvalue weighted by molar-refractivity contribution is -0.128. The molecule has 1 aliphatic carbocycles. The summed E-state index contributed by atoms with van der Waals surface area (Å²) >= 11 is 0. The van der Waals surface area contributed by atoms with E-state index in [4.69, 9.17) is 4.74 Å². The number of likely N-dealkylation sites (tertiary alicyclic amines) is 1. The van der Waals surface area contributed by atoms with Crippen LogP contribution < -0.4 is 4.74 Å². The molecule has 4 rings (SSSR count). The summed E-state index contributed by atoms with van der Waals surface area (Å²) in [5.74, 6) is 3.29. The zero-order valence-corrected chi connectivity index (χ0v) is 21.9. The van der Waals surface area contributed by atoms with Crippen LogP contribution in [-0.2, 0) is 22.4 Å². The predicted octanol–water partition coefficient (Wildman–Crippen LogP) is 4.67. The van der Waals surface area contributed by atoms with Gasteiger partial charge in [0.25, 0.3) is 0 Å². The van der Waals surface area contributed by atoms with E-state index in [0.29, 0.717) is 37.9 Å². The van der Waals surface area contributed by atoms with Gasteiger partial charge in [0, 0.05) is 50.7 Å². The molecule has 1 aliphatic heterocycles. The number of carbonyl (C=O) groups excluding carboxylic acids is 2. The molecule has 0 spiro atoms. The van der Waals surface area contributed by atoms with Gasteiger partial charge in [-0.05, 0) is 55.7 Å². The van der Waals surface area contributed by atoms with Gasteiger partial charge in [0.05, 0.1) is 7.11 Å². The second-order valence-electron chi connectivity index (χ2n) is 10.8. The molecule has 1 saturated carbocycles. The van der Waals surface area contributed by atoms with Crippen LogP contribution in [0.1, 0.15) is 87.6 Å². The second kappa shape index (κ2) is 10.9. The molecule has 0 unspecified atom stereocenters. The van der Waals surface area contributed by atoms with Crippen molar-refractivity contribution >= 4 is 11.7 Å². The Bertz CT molecular complexity index is 1060. The molecule has 7 heteroatoms. The number of Topliss-reactive ketones (excluding diaryl/α,β-unsaturated/α-hetero) is 1. The predicted molar refractivity (Wildman–Crippen MR) is 136 cm³/mol. The highest BCUT2D eigenvalue weighted by Crippen LogP contribution is 2.42. The number of hydrogen-bond donors (Lipinski definition) is 0. The number of hydrogen-bond acceptors (Lipinski definition) is 5. The Morgan fingerprint density at radius 3 is 2.57 bits per heavy atom. The molecule has 2 aliphatic rings. The fourth-order valence-corrected chi connectivity index (χ4v) is 5.31. The van der Waals surface area contributed by atoms with Crippen molar-refractivity contribution in [3.63, 3.8) is 0 Å². The van der Waals surface area contributed by atoms with Gasteiger partial charge in [-0.1, -0.05) is 32.4 Å². The number of rotatable bonds is 11. The van der Waals surface area contributed by atoms with Crippen molar-refractivity contribution in [3.8, 4) is 5.75 Å². The standard InChI is InChI=1S/C28H40N4O3/c1-18(2)7-6-8-27-29-30-28(32(27)22-12-13-22)24-17-31(20(4)33)16-23(24)25(34)14-11-21-10-9-19(3)15-26(21)35-5/h9-10,15,18,22-24H,6-8,11-14,16-17H2,1-5H3/t23-,24-/m0/s1. The van der Waals surface area contributed by atoms with Crippen LogP contribution in [0.25, 0.3) is 0 Å². The highest BCUT2D eigenvalue weighted by Gasteiger charge is 2.43. The number of ketones is 1. The molecule has 190 valence electrons. The molecule has 2 aromatic rings. The van der Waals surface area contributed by atoms with E-state index in [9.17, 15) is 9.59 Å². The summed E-state index contributed by atoms with van der Waals surface area (Å²) < 4.78 is 7.85. The van der Waals surface area contributed by atoms with Gasteiger partial charge in [-0.25, -0.2) is 0 Å². The van der Waals surface area contributed by atoms with Crippen LogP contribution in [0.2, 0.25) is 0 Å². The molecule has 1 saturated heterocycles. The molecule has 2 heterocycles. The Balaban J connectivity index is 1.54. The van der Waals surface area contributed by atoms with Crippen molar-refractivity contribution in [2.24, 2.45) is 11.8 Å². The Morgan fingerprint density at radius 1 is 1.14 bits per heavy atom. The molecule has 0 radical (unpaired) electrons. The Labute approximate surface area is 209 Å². The summed E-state index contributed by atoms with van der Waals surface area (Å²) in [5.41, 5.74) is 2.17. The fraction of sp³-hybridized carbons (Fsp3) is 0.643. The van der Waals surface area contributed by atoms with Crippen LogP contribution in [-0.4, -0.2) is 51.6 Å². The zero-order valence-electron chi connectivity index (χ0n) is 21.9. The minimum Gasteiger partial charge on any atom is -0.496 e. The van der Waals surface area contributed by atoms with Gasteiger partial charge in [-0.2, -0.15) is 0 Å². The lowest BCUT2D eigenvalue weighted by Gasteiger charge is -2.19. The summed E-state index contributed by atoms with van der Waals surface area (Å²) in [6.45, 7) is 9.11. The van der Waals surface area contributed by atoms with Crippen LogP contribution in [0.3, 0.4) is 0 Å². The van der Waals surface area contributed by atoms with Crippen LogP contribution in [0, 0.1) is 18.8 Å². The van der Waals surface area contributed by atoms with E-state index in [1.807, 2.05) is 24.0 Å². The first kappa shape index (κ1) is 25.4. The van der Waals surface area contributed by atoms with E-state index in [2.05, 4.69) is 34.7 Å². The van der Waals surface area contributed by atoms with Crippen LogP contribution in [0.4, 0.5) is 0 Å². The highest BCUT2D eigenvalue weighted by molar-refractivity contribution is 5.84. The summed E-state index contributed by atoms with van der Waals surface area (Å²) in [5, 5.41) is 9.23. The monoisotopic (exact) mass is 480 g/mol. The molecule has 0 N–H and O–H groups in total. The van der Waals surface area contributed by atoms with Crippen molar-refractivity contribution in [2.75, 3.05) is 20.2 Å². The van der Waals surface area contributed by atoms with E-state index in [-0.39, 0.29) is 23.5 Å². The van der Waals surface area contributed by atoms with Crippen LogP contribution >= 0.6 is 0 Å². The van der Waals surface area contributed by atoms with E-state index in [0.717, 1.165) is 60.6 Å². The number of amides is 1. The maximum atomic E-state index is 13.6. The smallest absolute Gasteiger partial charge is 0.219 e. The van der Waals surface area contributed by atoms with E-state index < -0.39 is 0 Å². The van der Waals surface area contributed by atoms with Gasteiger partial charge in [0.1, 0.15) is 23.2 Å². The highest BCUT2D eigenvalue weighted by atomic mass is 16.5. The van der Waals surface area contributed by atoms with Crippen molar-refractivity contribution in [2.45, 2.75) is 84.6 Å². The molecule has 1 aromatic heterocycles. The fourth-order valence-electron chi connectivity index (χ4n) is 5.31. The van der Waals surface area contributed by atoms with Gasteiger partial charge in [0.15, 0.2) is 0 Å². The van der Waals surface area contributed by atoms with Gasteiger partial charge in [-0.3, -0.25) is 9.59 Å². The molecule has 0 bridgehead atoms. The molecular weight excluding hydrogens is 440 g/mol. The topological polar surface area (TPSA) is 77.3 Å². The number of aromatic nitrogens is 3. The molecule has 35 heavy (non-hydrogen) atoms. The third-order valence-electron chi connectivity index (χ3n) is 7.48. The van der Waals surface area contributed by atoms with Crippen molar-refractivity contribution in [1.29, 1.82) is 0 Å². The van der Waals surface area contributed by atoms with Gasteiger partial charge >= 0.3 is 0 Å². The number of ether oxygens (including phenoxy) is 1. The zero-order chi connectivity index (χ0) is 25.1. The number of benzene rings is 1. The summed E-state index contributed by atoms with van der Waals surface area (Å²) in [4.78, 5) is 27.6. The normalized spacial score (nSPS) is 20.0. The summed E-state index contributed by atoms with van der Waals surface area (Å²) in [6, 6.07) is 6.54. The van der Waals surface area contributed by atoms with E-state index >= 15 is 0 Å². The van der Waals surface area contributed by atoms with Gasteiger partial charge < -0.3 is 14.2 Å². The average Bonchev–Trinajstić information content (AvgIpc) is 3.41. The first-order valence-electron chi connectivity index (χ1n) is 13.1. The Hall–Kier alpha value is -2.70. The minimum absolute atomic E-state index is 0.0140. The number of carbonyl (C=O) groups is 2. The molecule has 2 fully saturated rings. The van der Waals surface area contributed by atoms with Crippen LogP contribution in [0.15, 0.2) is 18.2 Å². The SMILES string of the molecule is COc1cc(C)ccc1CCC(=O)[C@H]1CN(C(C)=O)C[C@@H]1c1nnc(CCCC(C)C)n1C1CC1. The maximum Gasteiger partial charge on any atom is 0.219 e. The molecule has 1 aromatic carbocycles. The number of methoxy groups -OCH3 is 1. The van der Waals surface area contributed by atoms with Crippen molar-refractivity contribution in [1.82, 2.24) is 19.7 Å². The molecule has 1 amide bonds. The van der Waals surface area contributed by atoms with Gasteiger partial charge in [0.2, 0.25) is 5.91 Å². The Kier molecular flexibility index (Phi) is 7.92. The number of nitrogens with zero attached hydrogens (tertiary/aromatic N) is 4. The van der Waals surface area contributed by atoms with E-state index in [1.165, 1.54) is 0 Å². The maximum absolute atomic E-state index is 13.6. The van der Waals surface area contributed by atoms with Gasteiger partial charge in [-0.15, -0.1) is 10.2 Å². The average molecular weight is 481 g/mol. The lowest BCUT2D eigenvalue weighted by Crippen LogP contribution is -2.27. The first-order valence-corrected chi connectivity index (χ1v) is 13.1. The second-order valence-corrected chi connectivity index (χ2v) is 10.8. The third kappa shape index (κ3) is 5.93. The van der Waals surface area contributed by atoms with Crippen molar-refractivity contribution < 1.29 is 14.3 Å². The van der Waals surface area contributed by atoms with Crippen molar-refractivity contribution in [3.05, 3.63) is 41.0 Å². The quantitative estimate of drug-likeness (QED) is 0.467. The lowest BCUT2D eigenvalue weighted by atomic mass is 9.88. The molecular formula is C28H40N4O3. The third-order valence-corrected chi connectivity index (χ3v) is 7.48.